The molecule has 0 bridgehead atoms. The van der Waals surface area contributed by atoms with Gasteiger partial charge in [0.1, 0.15) is 24.0 Å². The third kappa shape index (κ3) is 4.22. The predicted molar refractivity (Wildman–Crippen MR) is 98.7 cm³/mol. The minimum Gasteiger partial charge on any atom is -0.489 e. The second-order valence-corrected chi connectivity index (χ2v) is 8.03. The van der Waals surface area contributed by atoms with Crippen LogP contribution >= 0.6 is 0 Å². The minimum absolute atomic E-state index is 0.0118. The molecule has 1 aromatic rings. The molecule has 0 saturated carbocycles. The zero-order valence-corrected chi connectivity index (χ0v) is 16.3. The average Bonchev–Trinajstić information content (AvgIpc) is 2.63. The highest BCUT2D eigenvalue weighted by molar-refractivity contribution is 5.67. The van der Waals surface area contributed by atoms with Gasteiger partial charge in [-0.3, -0.25) is 4.90 Å². The molecular formula is C20H26F2N2O4. The molecule has 1 amide bonds. The molecule has 0 radical (unpaired) electrons. The summed E-state index contributed by atoms with van der Waals surface area (Å²) in [4.78, 5) is 15.5. The third-order valence-corrected chi connectivity index (χ3v) is 5.06. The van der Waals surface area contributed by atoms with Gasteiger partial charge in [-0.15, -0.1) is 0 Å². The lowest BCUT2D eigenvalue weighted by Gasteiger charge is -2.46. The van der Waals surface area contributed by atoms with Crippen molar-refractivity contribution >= 4 is 6.09 Å². The number of rotatable bonds is 3. The van der Waals surface area contributed by atoms with Crippen molar-refractivity contribution in [3.8, 4) is 0 Å². The third-order valence-electron chi connectivity index (χ3n) is 5.06. The number of carboxylic acid groups (broad SMARTS) is 1. The molecule has 1 fully saturated rings. The maximum absolute atomic E-state index is 14.5. The van der Waals surface area contributed by atoms with E-state index in [-0.39, 0.29) is 5.56 Å². The van der Waals surface area contributed by atoms with Crippen LogP contribution in [0.5, 0.6) is 0 Å². The van der Waals surface area contributed by atoms with Gasteiger partial charge in [-0.05, 0) is 39.0 Å². The molecule has 6 nitrogen and oxygen atoms in total. The van der Waals surface area contributed by atoms with E-state index >= 15 is 0 Å². The Morgan fingerprint density at radius 3 is 2.54 bits per heavy atom. The van der Waals surface area contributed by atoms with E-state index < -0.39 is 35.4 Å². The van der Waals surface area contributed by atoms with Crippen molar-refractivity contribution in [3.05, 3.63) is 47.4 Å². The topological polar surface area (TPSA) is 62.2 Å². The van der Waals surface area contributed by atoms with Crippen LogP contribution in [0.4, 0.5) is 13.6 Å². The highest BCUT2D eigenvalue weighted by atomic mass is 19.1. The summed E-state index contributed by atoms with van der Waals surface area (Å²) in [5, 5.41) is 9.90. The molecule has 2 heterocycles. The van der Waals surface area contributed by atoms with Crippen LogP contribution in [-0.4, -0.2) is 58.9 Å². The smallest absolute Gasteiger partial charge is 0.408 e. The van der Waals surface area contributed by atoms with Gasteiger partial charge >= 0.3 is 6.09 Å². The summed E-state index contributed by atoms with van der Waals surface area (Å²) in [6.07, 6.45) is -0.203. The van der Waals surface area contributed by atoms with E-state index in [1.807, 2.05) is 0 Å². The fourth-order valence-electron chi connectivity index (χ4n) is 3.83. The van der Waals surface area contributed by atoms with Crippen molar-refractivity contribution in [1.82, 2.24) is 9.80 Å². The minimum atomic E-state index is -1.13. The van der Waals surface area contributed by atoms with E-state index in [4.69, 9.17) is 9.47 Å². The molecule has 2 aliphatic heterocycles. The van der Waals surface area contributed by atoms with E-state index in [9.17, 15) is 18.7 Å². The summed E-state index contributed by atoms with van der Waals surface area (Å²) in [7, 11) is 0. The molecule has 0 aliphatic carbocycles. The Morgan fingerprint density at radius 1 is 1.25 bits per heavy atom. The van der Waals surface area contributed by atoms with Crippen LogP contribution in [0.15, 0.2) is 30.2 Å². The fourth-order valence-corrected chi connectivity index (χ4v) is 3.83. The van der Waals surface area contributed by atoms with E-state index in [1.165, 1.54) is 4.90 Å². The fraction of sp³-hybridized carbons (Fsp3) is 0.550. The number of nitrogens with zero attached hydrogens (tertiary/aromatic N) is 2. The van der Waals surface area contributed by atoms with Crippen LogP contribution in [0.3, 0.4) is 0 Å². The second kappa shape index (κ2) is 7.95. The van der Waals surface area contributed by atoms with Crippen molar-refractivity contribution in [2.75, 3.05) is 26.3 Å². The number of ether oxygens (including phenoxy) is 2. The van der Waals surface area contributed by atoms with Crippen molar-refractivity contribution in [2.45, 2.75) is 44.9 Å². The van der Waals surface area contributed by atoms with E-state index in [0.29, 0.717) is 32.7 Å². The Bertz CT molecular complexity index is 757. The number of benzene rings is 1. The quantitative estimate of drug-likeness (QED) is 0.843. The Morgan fingerprint density at radius 2 is 1.93 bits per heavy atom. The maximum atomic E-state index is 14.5. The van der Waals surface area contributed by atoms with Crippen LogP contribution in [0.25, 0.3) is 0 Å². The molecule has 3 rings (SSSR count). The van der Waals surface area contributed by atoms with Gasteiger partial charge in [-0.2, -0.15) is 0 Å². The van der Waals surface area contributed by atoms with E-state index in [1.54, 1.807) is 27.0 Å². The van der Waals surface area contributed by atoms with Crippen molar-refractivity contribution in [3.63, 3.8) is 0 Å². The van der Waals surface area contributed by atoms with Crippen molar-refractivity contribution in [2.24, 2.45) is 0 Å². The lowest BCUT2D eigenvalue weighted by molar-refractivity contribution is -0.0250. The monoisotopic (exact) mass is 396 g/mol. The molecule has 28 heavy (non-hydrogen) atoms. The second-order valence-electron chi connectivity index (χ2n) is 8.03. The first-order valence-corrected chi connectivity index (χ1v) is 9.33. The summed E-state index contributed by atoms with van der Waals surface area (Å²) < 4.78 is 39.5. The van der Waals surface area contributed by atoms with Gasteiger partial charge in [0.25, 0.3) is 0 Å². The van der Waals surface area contributed by atoms with Gasteiger partial charge in [0.05, 0.1) is 25.0 Å². The Kier molecular flexibility index (Phi) is 5.79. The predicted octanol–water partition coefficient (Wildman–Crippen LogP) is 3.75. The highest BCUT2D eigenvalue weighted by Crippen LogP contribution is 2.39. The average molecular weight is 396 g/mol. The van der Waals surface area contributed by atoms with Crippen LogP contribution in [0.2, 0.25) is 0 Å². The Labute approximate surface area is 163 Å². The number of morpholine rings is 1. The van der Waals surface area contributed by atoms with Gasteiger partial charge in [0.15, 0.2) is 0 Å². The number of hydrogen-bond acceptors (Lipinski definition) is 4. The number of hydrogen-bond donors (Lipinski definition) is 1. The van der Waals surface area contributed by atoms with Gasteiger partial charge < -0.3 is 19.5 Å². The molecule has 1 aromatic carbocycles. The summed E-state index contributed by atoms with van der Waals surface area (Å²) in [5.41, 5.74) is 0.0877. The summed E-state index contributed by atoms with van der Waals surface area (Å²) in [6.45, 7) is 7.80. The highest BCUT2D eigenvalue weighted by Gasteiger charge is 2.43. The first-order chi connectivity index (χ1) is 13.2. The van der Waals surface area contributed by atoms with Gasteiger partial charge in [0, 0.05) is 30.6 Å². The van der Waals surface area contributed by atoms with Crippen molar-refractivity contribution < 1.29 is 28.2 Å². The number of halogens is 2. The molecular weight excluding hydrogens is 370 g/mol. The normalized spacial score (nSPS) is 23.0. The lowest BCUT2D eigenvalue weighted by Crippen LogP contribution is -2.55. The first kappa shape index (κ1) is 20.4. The van der Waals surface area contributed by atoms with Crippen LogP contribution in [0.1, 0.15) is 38.9 Å². The van der Waals surface area contributed by atoms with Gasteiger partial charge in [0.2, 0.25) is 0 Å². The van der Waals surface area contributed by atoms with E-state index in [2.05, 4.69) is 4.90 Å². The Balaban J connectivity index is 2.01. The SMILES string of the molecule is CC(C)(C)N(C(=O)O)[C@H]1CC(N2CCOCC2)=CO[C@H]1c1cc(F)ccc1F. The van der Waals surface area contributed by atoms with Crippen LogP contribution < -0.4 is 0 Å². The molecule has 2 aliphatic rings. The zero-order valence-electron chi connectivity index (χ0n) is 16.3. The maximum Gasteiger partial charge on any atom is 0.408 e. The lowest BCUT2D eigenvalue weighted by atomic mass is 9.91. The molecule has 8 heteroatoms. The standard InChI is InChI=1S/C20H26F2N2O4/c1-20(2,3)24(19(25)26)17-11-14(23-6-8-27-9-7-23)12-28-18(17)15-10-13(21)4-5-16(15)22/h4-5,10,12,17-18H,6-9,11H2,1-3H3,(H,25,26)/t17-,18-/m0/s1. The molecule has 0 unspecified atom stereocenters. The molecule has 1 N–H and O–H groups in total. The van der Waals surface area contributed by atoms with Gasteiger partial charge in [-0.25, -0.2) is 13.6 Å². The van der Waals surface area contributed by atoms with Crippen LogP contribution in [0, 0.1) is 11.6 Å². The van der Waals surface area contributed by atoms with Crippen molar-refractivity contribution in [1.29, 1.82) is 0 Å². The summed E-state index contributed by atoms with van der Waals surface area (Å²) in [6, 6.07) is 2.43. The van der Waals surface area contributed by atoms with Gasteiger partial charge in [-0.1, -0.05) is 0 Å². The molecule has 1 saturated heterocycles. The molecule has 2 atom stereocenters. The Hall–Kier alpha value is -2.35. The number of amides is 1. The zero-order chi connectivity index (χ0) is 20.5. The van der Waals surface area contributed by atoms with E-state index in [0.717, 1.165) is 23.9 Å². The first-order valence-electron chi connectivity index (χ1n) is 9.33. The summed E-state index contributed by atoms with van der Waals surface area (Å²) >= 11 is 0. The molecule has 0 spiro atoms. The summed E-state index contributed by atoms with van der Waals surface area (Å²) in [5.74, 6) is -1.22. The molecule has 0 aromatic heterocycles. The largest absolute Gasteiger partial charge is 0.489 e. The van der Waals surface area contributed by atoms with Crippen LogP contribution in [-0.2, 0) is 9.47 Å². The molecule has 154 valence electrons. The number of carbonyl (C=O) groups is 1.